The Balaban J connectivity index is 1.75. The minimum atomic E-state index is -0.879. The predicted octanol–water partition coefficient (Wildman–Crippen LogP) is 2.84. The Morgan fingerprint density at radius 1 is 1.30 bits per heavy atom. The molecule has 122 valence electrons. The van der Waals surface area contributed by atoms with Crippen molar-refractivity contribution in [2.45, 2.75) is 25.6 Å². The van der Waals surface area contributed by atoms with Crippen LogP contribution >= 0.6 is 0 Å². The summed E-state index contributed by atoms with van der Waals surface area (Å²) in [6.07, 6.45) is 1.11. The summed E-state index contributed by atoms with van der Waals surface area (Å²) < 4.78 is 40.4. The summed E-state index contributed by atoms with van der Waals surface area (Å²) >= 11 is 0. The number of anilines is 1. The van der Waals surface area contributed by atoms with Gasteiger partial charge in [-0.3, -0.25) is 0 Å². The van der Waals surface area contributed by atoms with E-state index in [9.17, 15) is 13.2 Å². The van der Waals surface area contributed by atoms with Gasteiger partial charge in [-0.2, -0.15) is 0 Å². The Kier molecular flexibility index (Phi) is 4.47. The van der Waals surface area contributed by atoms with Crippen LogP contribution in [-0.2, 0) is 0 Å². The van der Waals surface area contributed by atoms with Crippen molar-refractivity contribution >= 4 is 5.95 Å². The van der Waals surface area contributed by atoms with Crippen molar-refractivity contribution < 1.29 is 13.2 Å². The maximum absolute atomic E-state index is 13.9. The Morgan fingerprint density at radius 2 is 2.13 bits per heavy atom. The summed E-state index contributed by atoms with van der Waals surface area (Å²) in [6.45, 7) is 2.76. The van der Waals surface area contributed by atoms with E-state index in [1.165, 1.54) is 18.3 Å². The van der Waals surface area contributed by atoms with Gasteiger partial charge in [0.05, 0.1) is 11.7 Å². The lowest BCUT2D eigenvalue weighted by Gasteiger charge is -2.15. The second-order valence-electron chi connectivity index (χ2n) is 5.56. The van der Waals surface area contributed by atoms with Crippen molar-refractivity contribution in [3.05, 3.63) is 41.7 Å². The third kappa shape index (κ3) is 3.44. The number of aryl methyl sites for hydroxylation is 1. The van der Waals surface area contributed by atoms with Crippen molar-refractivity contribution in [2.75, 3.05) is 18.4 Å². The summed E-state index contributed by atoms with van der Waals surface area (Å²) in [7, 11) is 0. The molecule has 0 spiro atoms. The summed E-state index contributed by atoms with van der Waals surface area (Å²) in [4.78, 5) is 8.40. The molecule has 1 aromatic heterocycles. The summed E-state index contributed by atoms with van der Waals surface area (Å²) in [5.74, 6) is -0.935. The van der Waals surface area contributed by atoms with Gasteiger partial charge in [-0.05, 0) is 32.0 Å². The highest BCUT2D eigenvalue weighted by atomic mass is 19.1. The molecule has 1 fully saturated rings. The first-order valence-corrected chi connectivity index (χ1v) is 7.45. The average Bonchev–Trinajstić information content (AvgIpc) is 2.91. The molecule has 1 saturated heterocycles. The summed E-state index contributed by atoms with van der Waals surface area (Å²) in [5, 5.41) is 6.04. The topological polar surface area (TPSA) is 49.8 Å². The van der Waals surface area contributed by atoms with Crippen molar-refractivity contribution in [3.63, 3.8) is 0 Å². The molecule has 2 atom stereocenters. The van der Waals surface area contributed by atoms with Crippen LogP contribution in [0.5, 0.6) is 0 Å². The van der Waals surface area contributed by atoms with Crippen LogP contribution in [0.4, 0.5) is 19.1 Å². The van der Waals surface area contributed by atoms with Crippen LogP contribution in [0.15, 0.2) is 24.4 Å². The predicted molar refractivity (Wildman–Crippen MR) is 81.9 cm³/mol. The first-order valence-electron chi connectivity index (χ1n) is 7.45. The summed E-state index contributed by atoms with van der Waals surface area (Å²) in [5.41, 5.74) is 1.30. The molecule has 0 saturated carbocycles. The van der Waals surface area contributed by atoms with E-state index in [4.69, 9.17) is 0 Å². The van der Waals surface area contributed by atoms with Gasteiger partial charge in [0.25, 0.3) is 0 Å². The van der Waals surface area contributed by atoms with Crippen LogP contribution in [0.3, 0.4) is 0 Å². The lowest BCUT2D eigenvalue weighted by atomic mass is 10.1. The maximum atomic E-state index is 13.9. The molecule has 2 unspecified atom stereocenters. The first kappa shape index (κ1) is 15.7. The number of halogens is 3. The maximum Gasteiger partial charge on any atom is 0.222 e. The number of benzene rings is 1. The zero-order valence-electron chi connectivity index (χ0n) is 12.6. The van der Waals surface area contributed by atoms with Gasteiger partial charge in [0.1, 0.15) is 17.8 Å². The molecule has 0 aliphatic carbocycles. The highest BCUT2D eigenvalue weighted by Crippen LogP contribution is 2.25. The zero-order chi connectivity index (χ0) is 16.4. The van der Waals surface area contributed by atoms with Gasteiger partial charge in [-0.15, -0.1) is 0 Å². The highest BCUT2D eigenvalue weighted by molar-refractivity contribution is 5.66. The van der Waals surface area contributed by atoms with Crippen LogP contribution in [0, 0.1) is 18.6 Å². The largest absolute Gasteiger partial charge is 0.353 e. The Hall–Kier alpha value is -2.15. The van der Waals surface area contributed by atoms with Crippen LogP contribution in [-0.4, -0.2) is 35.3 Å². The lowest BCUT2D eigenvalue weighted by molar-refractivity contribution is 0.307. The summed E-state index contributed by atoms with van der Waals surface area (Å²) in [6, 6.07) is 3.12. The van der Waals surface area contributed by atoms with E-state index < -0.39 is 17.8 Å². The van der Waals surface area contributed by atoms with Crippen LogP contribution < -0.4 is 10.6 Å². The molecule has 2 aromatic rings. The van der Waals surface area contributed by atoms with Crippen molar-refractivity contribution in [3.8, 4) is 11.1 Å². The van der Waals surface area contributed by atoms with Crippen molar-refractivity contribution in [2.24, 2.45) is 0 Å². The molecule has 3 rings (SSSR count). The standard InChI is InChI=1S/C16H17F3N4/c1-9-12(11-3-2-10(17)6-14(11)19)7-21-16(23-9)22-8-15-13(18)4-5-20-15/h2-3,6-7,13,15,20H,4-5,8H2,1H3,(H,21,22,23). The van der Waals surface area contributed by atoms with E-state index in [-0.39, 0.29) is 11.6 Å². The van der Waals surface area contributed by atoms with Crippen LogP contribution in [0.2, 0.25) is 0 Å². The quantitative estimate of drug-likeness (QED) is 0.909. The van der Waals surface area contributed by atoms with E-state index >= 15 is 0 Å². The van der Waals surface area contributed by atoms with E-state index in [0.29, 0.717) is 36.7 Å². The average molecular weight is 322 g/mol. The smallest absolute Gasteiger partial charge is 0.222 e. The third-order valence-corrected chi connectivity index (χ3v) is 3.94. The molecule has 7 heteroatoms. The fourth-order valence-electron chi connectivity index (χ4n) is 2.66. The number of nitrogens with zero attached hydrogens (tertiary/aromatic N) is 2. The normalized spacial score (nSPS) is 20.7. The van der Waals surface area contributed by atoms with Gasteiger partial charge < -0.3 is 10.6 Å². The highest BCUT2D eigenvalue weighted by Gasteiger charge is 2.26. The van der Waals surface area contributed by atoms with Gasteiger partial charge >= 0.3 is 0 Å². The van der Waals surface area contributed by atoms with Crippen LogP contribution in [0.25, 0.3) is 11.1 Å². The molecular formula is C16H17F3N4. The second kappa shape index (κ2) is 6.54. The van der Waals surface area contributed by atoms with E-state index in [2.05, 4.69) is 20.6 Å². The molecule has 1 aliphatic rings. The monoisotopic (exact) mass is 322 g/mol. The van der Waals surface area contributed by atoms with Gasteiger partial charge in [0.2, 0.25) is 5.95 Å². The van der Waals surface area contributed by atoms with Gasteiger partial charge in [-0.1, -0.05) is 0 Å². The number of hydrogen-bond acceptors (Lipinski definition) is 4. The Labute approximate surface area is 132 Å². The molecule has 1 aromatic carbocycles. The minimum Gasteiger partial charge on any atom is -0.353 e. The molecule has 0 amide bonds. The van der Waals surface area contributed by atoms with E-state index in [1.807, 2.05) is 0 Å². The number of alkyl halides is 1. The molecule has 23 heavy (non-hydrogen) atoms. The number of hydrogen-bond donors (Lipinski definition) is 2. The van der Waals surface area contributed by atoms with Gasteiger partial charge in [0, 0.05) is 29.9 Å². The van der Waals surface area contributed by atoms with E-state index in [0.717, 1.165) is 6.07 Å². The zero-order valence-corrected chi connectivity index (χ0v) is 12.6. The number of nitrogens with one attached hydrogen (secondary N) is 2. The van der Waals surface area contributed by atoms with Crippen molar-refractivity contribution in [1.82, 2.24) is 15.3 Å². The number of rotatable bonds is 4. The third-order valence-electron chi connectivity index (χ3n) is 3.94. The minimum absolute atomic E-state index is 0.247. The molecule has 1 aliphatic heterocycles. The number of aromatic nitrogens is 2. The van der Waals surface area contributed by atoms with Crippen molar-refractivity contribution in [1.29, 1.82) is 0 Å². The van der Waals surface area contributed by atoms with Crippen LogP contribution in [0.1, 0.15) is 12.1 Å². The van der Waals surface area contributed by atoms with E-state index in [1.54, 1.807) is 6.92 Å². The molecule has 4 nitrogen and oxygen atoms in total. The molecular weight excluding hydrogens is 305 g/mol. The Morgan fingerprint density at radius 3 is 2.78 bits per heavy atom. The molecule has 2 heterocycles. The fraction of sp³-hybridized carbons (Fsp3) is 0.375. The first-order chi connectivity index (χ1) is 11.0. The second-order valence-corrected chi connectivity index (χ2v) is 5.56. The molecule has 2 N–H and O–H groups in total. The van der Waals surface area contributed by atoms with Gasteiger partial charge in [0.15, 0.2) is 0 Å². The Bertz CT molecular complexity index is 708. The molecule has 0 radical (unpaired) electrons. The van der Waals surface area contributed by atoms with Gasteiger partial charge in [-0.25, -0.2) is 23.1 Å². The molecule has 0 bridgehead atoms. The fourth-order valence-corrected chi connectivity index (χ4v) is 2.66. The lowest BCUT2D eigenvalue weighted by Crippen LogP contribution is -2.35. The SMILES string of the molecule is Cc1nc(NCC2NCCC2F)ncc1-c1ccc(F)cc1F.